The van der Waals surface area contributed by atoms with Crippen LogP contribution in [0.5, 0.6) is 0 Å². The molecular formula is C34H31F3N6. The number of aromatic nitrogens is 3. The summed E-state index contributed by atoms with van der Waals surface area (Å²) in [5.74, 6) is 2.30. The number of anilines is 1. The Hall–Kier alpha value is -4.00. The summed E-state index contributed by atoms with van der Waals surface area (Å²) in [5.41, 5.74) is 0.318. The topological polar surface area (TPSA) is 57.2 Å². The van der Waals surface area contributed by atoms with Crippen molar-refractivity contribution in [1.29, 1.82) is 0 Å². The first-order valence-electron chi connectivity index (χ1n) is 15.1. The second kappa shape index (κ2) is 10.0. The Morgan fingerprint density at radius 3 is 2.72 bits per heavy atom. The van der Waals surface area contributed by atoms with Gasteiger partial charge >= 0.3 is 0 Å². The first-order chi connectivity index (χ1) is 20.9. The van der Waals surface area contributed by atoms with Gasteiger partial charge < -0.3 is 10.2 Å². The van der Waals surface area contributed by atoms with Crippen molar-refractivity contribution in [3.05, 3.63) is 65.6 Å². The third-order valence-electron chi connectivity index (χ3n) is 9.80. The molecule has 2 unspecified atom stereocenters. The first kappa shape index (κ1) is 26.6. The molecule has 4 saturated heterocycles. The van der Waals surface area contributed by atoms with Crippen LogP contribution in [0.2, 0.25) is 0 Å². The summed E-state index contributed by atoms with van der Waals surface area (Å²) in [4.78, 5) is 18.7. The van der Waals surface area contributed by atoms with Crippen LogP contribution in [0.4, 0.5) is 19.0 Å². The predicted molar refractivity (Wildman–Crippen MR) is 162 cm³/mol. The fourth-order valence-corrected chi connectivity index (χ4v) is 7.86. The third-order valence-corrected chi connectivity index (χ3v) is 9.80. The molecule has 2 bridgehead atoms. The average molecular weight is 581 g/mol. The fourth-order valence-electron chi connectivity index (χ4n) is 7.86. The number of pyridine rings is 1. The standard InChI is InChI=1S/C34H31F3N6/c1-2-24-27(36)10-7-20-5-3-6-25(29(20)24)31-30(37)32-26(16-38-31)33(42-18-22-8-9-23(19-42)39-22)41-28(40-32)11-13-34-12-4-14-43(34)17-21(35)15-34/h1,3,5-7,10-11,13,16,21-23,39H,4,8-9,12,14-15,17-19H2/b13-11+/t21?,22-,23+,34?. The van der Waals surface area contributed by atoms with E-state index in [9.17, 15) is 8.78 Å². The summed E-state index contributed by atoms with van der Waals surface area (Å²) in [6, 6.07) is 8.95. The highest BCUT2D eigenvalue weighted by molar-refractivity contribution is 6.02. The molecule has 9 heteroatoms. The largest absolute Gasteiger partial charge is 0.353 e. The summed E-state index contributed by atoms with van der Waals surface area (Å²) in [5, 5.41) is 5.29. The van der Waals surface area contributed by atoms with Crippen LogP contribution in [0.1, 0.15) is 43.5 Å². The smallest absolute Gasteiger partial charge is 0.175 e. The van der Waals surface area contributed by atoms with E-state index in [1.165, 1.54) is 6.07 Å². The van der Waals surface area contributed by atoms with Crippen LogP contribution < -0.4 is 10.2 Å². The Balaban J connectivity index is 1.30. The SMILES string of the molecule is C#Cc1c(F)ccc2cccc(-c3ncc4c(N5C[C@H]6CC[C@@H](C5)N6)nc(/C=C/C56CCCN5CC(F)C6)nc4c3F)c12. The Labute approximate surface area is 248 Å². The Morgan fingerprint density at radius 2 is 1.91 bits per heavy atom. The van der Waals surface area contributed by atoms with E-state index in [1.54, 1.807) is 24.4 Å². The van der Waals surface area contributed by atoms with E-state index in [1.807, 2.05) is 18.2 Å². The van der Waals surface area contributed by atoms with Crippen LogP contribution in [-0.4, -0.2) is 69.8 Å². The minimum Gasteiger partial charge on any atom is -0.353 e. The van der Waals surface area contributed by atoms with Crippen molar-refractivity contribution in [2.45, 2.75) is 55.9 Å². The molecule has 0 spiro atoms. The highest BCUT2D eigenvalue weighted by atomic mass is 19.1. The molecule has 43 heavy (non-hydrogen) atoms. The number of hydrogen-bond donors (Lipinski definition) is 1. The van der Waals surface area contributed by atoms with E-state index in [0.29, 0.717) is 58.4 Å². The lowest BCUT2D eigenvalue weighted by molar-refractivity contribution is 0.247. The van der Waals surface area contributed by atoms with E-state index in [4.69, 9.17) is 16.4 Å². The molecule has 6 heterocycles. The van der Waals surface area contributed by atoms with Crippen molar-refractivity contribution < 1.29 is 13.2 Å². The number of halogens is 3. The van der Waals surface area contributed by atoms with E-state index < -0.39 is 17.8 Å². The lowest BCUT2D eigenvalue weighted by atomic mass is 9.93. The van der Waals surface area contributed by atoms with Crippen LogP contribution in [-0.2, 0) is 0 Å². The number of rotatable bonds is 4. The number of hydrogen-bond acceptors (Lipinski definition) is 6. The number of nitrogens with zero attached hydrogens (tertiary/aromatic N) is 5. The molecule has 8 rings (SSSR count). The van der Waals surface area contributed by atoms with E-state index in [-0.39, 0.29) is 22.3 Å². The maximum absolute atomic E-state index is 16.7. The van der Waals surface area contributed by atoms with E-state index in [0.717, 1.165) is 45.3 Å². The molecule has 0 radical (unpaired) electrons. The summed E-state index contributed by atoms with van der Waals surface area (Å²) in [6.45, 7) is 2.81. The number of terminal acetylenes is 1. The molecule has 4 fully saturated rings. The number of alkyl halides is 1. The fraction of sp³-hybridized carbons (Fsp3) is 0.382. The maximum Gasteiger partial charge on any atom is 0.175 e. The molecule has 2 aromatic carbocycles. The maximum atomic E-state index is 16.7. The van der Waals surface area contributed by atoms with Gasteiger partial charge in [0.05, 0.1) is 10.9 Å². The van der Waals surface area contributed by atoms with Gasteiger partial charge in [-0.1, -0.05) is 36.3 Å². The minimum absolute atomic E-state index is 0.0526. The number of fused-ring (bicyclic) bond motifs is 5. The zero-order chi connectivity index (χ0) is 29.3. The van der Waals surface area contributed by atoms with Gasteiger partial charge in [0, 0.05) is 60.8 Å². The second-order valence-electron chi connectivity index (χ2n) is 12.4. The molecule has 0 aliphatic carbocycles. The summed E-state index contributed by atoms with van der Waals surface area (Å²) < 4.78 is 45.9. The van der Waals surface area contributed by atoms with Crippen LogP contribution in [0.3, 0.4) is 0 Å². The quantitative estimate of drug-likeness (QED) is 0.316. The third kappa shape index (κ3) is 4.30. The Kier molecular flexibility index (Phi) is 6.21. The zero-order valence-electron chi connectivity index (χ0n) is 23.7. The monoisotopic (exact) mass is 580 g/mol. The van der Waals surface area contributed by atoms with Crippen LogP contribution in [0.25, 0.3) is 39.0 Å². The van der Waals surface area contributed by atoms with Gasteiger partial charge in [-0.05, 0) is 49.8 Å². The highest BCUT2D eigenvalue weighted by Crippen LogP contribution is 2.42. The van der Waals surface area contributed by atoms with Gasteiger partial charge in [-0.2, -0.15) is 0 Å². The van der Waals surface area contributed by atoms with Gasteiger partial charge in [-0.25, -0.2) is 23.1 Å². The minimum atomic E-state index is -0.862. The van der Waals surface area contributed by atoms with Crippen LogP contribution in [0, 0.1) is 24.0 Å². The molecule has 2 aromatic heterocycles. The van der Waals surface area contributed by atoms with Crippen LogP contribution >= 0.6 is 0 Å². The lowest BCUT2D eigenvalue weighted by Gasteiger charge is -2.34. The Bertz CT molecular complexity index is 1840. The molecule has 1 N–H and O–H groups in total. The van der Waals surface area contributed by atoms with Crippen molar-refractivity contribution in [3.63, 3.8) is 0 Å². The van der Waals surface area contributed by atoms with Crippen LogP contribution in [0.15, 0.2) is 42.6 Å². The van der Waals surface area contributed by atoms with Gasteiger partial charge in [0.1, 0.15) is 29.0 Å². The number of nitrogens with one attached hydrogen (secondary N) is 1. The van der Waals surface area contributed by atoms with E-state index >= 15 is 4.39 Å². The molecule has 218 valence electrons. The molecular weight excluding hydrogens is 549 g/mol. The molecule has 0 saturated carbocycles. The molecule has 0 amide bonds. The molecule has 4 atom stereocenters. The van der Waals surface area contributed by atoms with Gasteiger partial charge in [-0.15, -0.1) is 6.42 Å². The molecule has 4 aromatic rings. The summed E-state index contributed by atoms with van der Waals surface area (Å²) in [7, 11) is 0. The average Bonchev–Trinajstić information content (AvgIpc) is 3.66. The van der Waals surface area contributed by atoms with Gasteiger partial charge in [-0.3, -0.25) is 9.88 Å². The second-order valence-corrected chi connectivity index (χ2v) is 12.4. The van der Waals surface area contributed by atoms with Gasteiger partial charge in [0.25, 0.3) is 0 Å². The normalized spacial score (nSPS) is 27.0. The zero-order valence-corrected chi connectivity index (χ0v) is 23.7. The summed E-state index contributed by atoms with van der Waals surface area (Å²) in [6.07, 6.45) is 14.8. The van der Waals surface area contributed by atoms with Crippen molar-refractivity contribution in [3.8, 4) is 23.6 Å². The Morgan fingerprint density at radius 1 is 1.07 bits per heavy atom. The number of benzene rings is 2. The number of piperazine rings is 1. The molecule has 6 nitrogen and oxygen atoms in total. The van der Waals surface area contributed by atoms with Crippen molar-refractivity contribution in [2.24, 2.45) is 0 Å². The van der Waals surface area contributed by atoms with Crippen molar-refractivity contribution >= 4 is 33.6 Å². The van der Waals surface area contributed by atoms with Crippen molar-refractivity contribution in [2.75, 3.05) is 31.1 Å². The van der Waals surface area contributed by atoms with Crippen molar-refractivity contribution in [1.82, 2.24) is 25.2 Å². The van der Waals surface area contributed by atoms with Gasteiger partial charge in [0.15, 0.2) is 11.6 Å². The lowest BCUT2D eigenvalue weighted by Crippen LogP contribution is -2.51. The predicted octanol–water partition coefficient (Wildman–Crippen LogP) is 5.63. The first-order valence-corrected chi connectivity index (χ1v) is 15.1. The molecule has 4 aliphatic rings. The highest BCUT2D eigenvalue weighted by Gasteiger charge is 2.47. The molecule has 4 aliphatic heterocycles. The van der Waals surface area contributed by atoms with Gasteiger partial charge in [0.2, 0.25) is 0 Å². The summed E-state index contributed by atoms with van der Waals surface area (Å²) >= 11 is 0. The van der Waals surface area contributed by atoms with E-state index in [2.05, 4.69) is 26.0 Å².